The van der Waals surface area contributed by atoms with E-state index in [9.17, 15) is 30.8 Å². The molecule has 6 rings (SSSR count). The Labute approximate surface area is 301 Å². The molecule has 0 spiro atoms. The Morgan fingerprint density at radius 1 is 0.712 bits per heavy atom. The van der Waals surface area contributed by atoms with Crippen molar-refractivity contribution in [1.82, 2.24) is 13.5 Å². The van der Waals surface area contributed by atoms with E-state index in [1.165, 1.54) is 58.9 Å². The molecule has 2 unspecified atom stereocenters. The molecule has 274 valence electrons. The third-order valence-electron chi connectivity index (χ3n) is 9.11. The zero-order valence-electron chi connectivity index (χ0n) is 28.3. The van der Waals surface area contributed by atoms with Crippen LogP contribution in [0.1, 0.15) is 39.3 Å². The fourth-order valence-electron chi connectivity index (χ4n) is 6.23. The van der Waals surface area contributed by atoms with Crippen LogP contribution >= 0.6 is 0 Å². The molecule has 2 aliphatic heterocycles. The van der Waals surface area contributed by atoms with Crippen LogP contribution in [0, 0.1) is 11.6 Å². The van der Waals surface area contributed by atoms with Crippen LogP contribution in [0.4, 0.5) is 20.2 Å². The van der Waals surface area contributed by atoms with Gasteiger partial charge in [-0.15, -0.1) is 0 Å². The maximum absolute atomic E-state index is 15.5. The minimum Gasteiger partial charge on any atom is -0.370 e. The number of hydrogen-bond donors (Lipinski definition) is 2. The summed E-state index contributed by atoms with van der Waals surface area (Å²) in [6.07, 6.45) is -1.14. The van der Waals surface area contributed by atoms with Gasteiger partial charge in [-0.2, -0.15) is 8.61 Å². The van der Waals surface area contributed by atoms with Gasteiger partial charge in [0, 0.05) is 49.4 Å². The Bertz CT molecular complexity index is 2200. The van der Waals surface area contributed by atoms with E-state index in [0.29, 0.717) is 26.2 Å². The van der Waals surface area contributed by atoms with Crippen molar-refractivity contribution in [1.29, 1.82) is 0 Å². The van der Waals surface area contributed by atoms with Crippen LogP contribution in [0.3, 0.4) is 0 Å². The first-order valence-corrected chi connectivity index (χ1v) is 19.3. The third kappa shape index (κ3) is 7.62. The van der Waals surface area contributed by atoms with E-state index in [0.717, 1.165) is 22.5 Å². The number of morpholine rings is 1. The van der Waals surface area contributed by atoms with Gasteiger partial charge in [0.1, 0.15) is 27.5 Å². The second-order valence-corrected chi connectivity index (χ2v) is 16.3. The fourth-order valence-corrected chi connectivity index (χ4v) is 9.56. The van der Waals surface area contributed by atoms with Crippen molar-refractivity contribution in [2.24, 2.45) is 0 Å². The number of benzene rings is 4. The van der Waals surface area contributed by atoms with Gasteiger partial charge in [0.05, 0.1) is 24.0 Å². The first-order valence-electron chi connectivity index (χ1n) is 16.5. The highest BCUT2D eigenvalue weighted by atomic mass is 32.2. The molecule has 4 aromatic carbocycles. The molecule has 2 heterocycles. The molecule has 0 aromatic heterocycles. The monoisotopic (exact) mass is 753 g/mol. The number of anilines is 2. The van der Waals surface area contributed by atoms with Gasteiger partial charge < -0.3 is 20.3 Å². The van der Waals surface area contributed by atoms with Crippen molar-refractivity contribution in [3.8, 4) is 0 Å². The summed E-state index contributed by atoms with van der Waals surface area (Å²) in [5.41, 5.74) is 0.0888. The molecular weight excluding hydrogens is 717 g/mol. The summed E-state index contributed by atoms with van der Waals surface area (Å²) in [5.74, 6) is -2.62. The van der Waals surface area contributed by atoms with E-state index in [1.54, 1.807) is 25.1 Å². The Hall–Kier alpha value is -4.58. The summed E-state index contributed by atoms with van der Waals surface area (Å²) in [4.78, 5) is 28.2. The lowest BCUT2D eigenvalue weighted by Crippen LogP contribution is -2.48. The van der Waals surface area contributed by atoms with Crippen molar-refractivity contribution >= 4 is 43.2 Å². The maximum atomic E-state index is 15.5. The minimum atomic E-state index is -4.32. The average molecular weight is 754 g/mol. The molecule has 2 saturated heterocycles. The van der Waals surface area contributed by atoms with Gasteiger partial charge in [-0.3, -0.25) is 9.59 Å². The van der Waals surface area contributed by atoms with E-state index in [4.69, 9.17) is 4.74 Å². The first kappa shape index (κ1) is 37.2. The van der Waals surface area contributed by atoms with E-state index >= 15 is 4.39 Å². The van der Waals surface area contributed by atoms with Gasteiger partial charge in [0.15, 0.2) is 0 Å². The van der Waals surface area contributed by atoms with Crippen molar-refractivity contribution in [3.05, 3.63) is 119 Å². The second-order valence-electron chi connectivity index (χ2n) is 12.5. The number of nitrogens with one attached hydrogen (secondary N) is 2. The van der Waals surface area contributed by atoms with E-state index in [1.807, 2.05) is 11.9 Å². The van der Waals surface area contributed by atoms with E-state index in [2.05, 4.69) is 10.6 Å². The Morgan fingerprint density at radius 3 is 1.87 bits per heavy atom. The zero-order chi connectivity index (χ0) is 37.2. The third-order valence-corrected chi connectivity index (χ3v) is 13.1. The van der Waals surface area contributed by atoms with Crippen molar-refractivity contribution in [3.63, 3.8) is 0 Å². The van der Waals surface area contributed by atoms with Crippen LogP contribution in [0.5, 0.6) is 0 Å². The molecule has 2 N–H and O–H groups in total. The molecule has 2 fully saturated rings. The number of para-hydroxylation sites is 2. The number of likely N-dealkylation sites (N-methyl/N-ethyl adjacent to an activating group) is 1. The lowest BCUT2D eigenvalue weighted by atomic mass is 9.99. The fraction of sp³-hybridized carbons (Fsp3) is 0.278. The van der Waals surface area contributed by atoms with Crippen LogP contribution in [0.25, 0.3) is 0 Å². The number of hydrogen-bond acceptors (Lipinski definition) is 8. The van der Waals surface area contributed by atoms with E-state index < -0.39 is 55.6 Å². The van der Waals surface area contributed by atoms with Gasteiger partial charge in [-0.05, 0) is 80.7 Å². The molecule has 2 aliphatic rings. The number of carbonyl (C=O) groups is 2. The van der Waals surface area contributed by atoms with Crippen LogP contribution in [0.15, 0.2) is 101 Å². The molecule has 2 atom stereocenters. The van der Waals surface area contributed by atoms with Crippen LogP contribution in [0.2, 0.25) is 0 Å². The lowest BCUT2D eigenvalue weighted by molar-refractivity contribution is -0.0378. The largest absolute Gasteiger partial charge is 0.370 e. The lowest BCUT2D eigenvalue weighted by Gasteiger charge is -2.39. The standard InChI is InChI=1S/C36H37F2N5O7S2/c1-24-34(50-22-21-43(24)52(48,49)33-10-6-4-8-31(33)39-35(44)25-11-14-27(37)15-12-25)28-23-26(13-16-29(28)38)36(45)40-30-7-3-5-9-32(30)51(46,47)42-19-17-41(2)18-20-42/h3-16,23-24,34H,17-22H2,1-2H3,(H,39,44)(H,40,45). The van der Waals surface area contributed by atoms with Gasteiger partial charge >= 0.3 is 0 Å². The molecule has 52 heavy (non-hydrogen) atoms. The van der Waals surface area contributed by atoms with Gasteiger partial charge in [-0.25, -0.2) is 25.6 Å². The SMILES string of the molecule is CC1C(c2cc(C(=O)Nc3ccccc3S(=O)(=O)N3CCN(C)CC3)ccc2F)OCCN1S(=O)(=O)c1ccccc1NC(=O)c1ccc(F)cc1. The number of ether oxygens (including phenoxy) is 1. The smallest absolute Gasteiger partial charge is 0.255 e. The summed E-state index contributed by atoms with van der Waals surface area (Å²) >= 11 is 0. The van der Waals surface area contributed by atoms with Gasteiger partial charge in [-0.1, -0.05) is 24.3 Å². The Kier molecular flexibility index (Phi) is 10.9. The summed E-state index contributed by atoms with van der Waals surface area (Å²) in [7, 11) is -6.35. The van der Waals surface area contributed by atoms with Crippen molar-refractivity contribution < 1.29 is 39.9 Å². The molecule has 0 aliphatic carbocycles. The maximum Gasteiger partial charge on any atom is 0.255 e. The number of carbonyl (C=O) groups excluding carboxylic acids is 2. The quantitative estimate of drug-likeness (QED) is 0.253. The van der Waals surface area contributed by atoms with E-state index in [-0.39, 0.29) is 51.0 Å². The van der Waals surface area contributed by atoms with Crippen LogP contribution in [-0.2, 0) is 24.8 Å². The molecule has 0 saturated carbocycles. The molecule has 12 nitrogen and oxygen atoms in total. The summed E-state index contributed by atoms with van der Waals surface area (Å²) in [6.45, 7) is 3.08. The number of amides is 2. The Morgan fingerprint density at radius 2 is 1.25 bits per heavy atom. The highest BCUT2D eigenvalue weighted by Crippen LogP contribution is 2.36. The predicted octanol–water partition coefficient (Wildman–Crippen LogP) is 4.56. The van der Waals surface area contributed by atoms with Crippen molar-refractivity contribution in [2.45, 2.75) is 28.9 Å². The van der Waals surface area contributed by atoms with Crippen LogP contribution in [-0.4, -0.2) is 94.6 Å². The van der Waals surface area contributed by atoms with Gasteiger partial charge in [0.25, 0.3) is 11.8 Å². The minimum absolute atomic E-state index is 0.00664. The molecule has 4 aromatic rings. The Balaban J connectivity index is 1.23. The molecular formula is C36H37F2N5O7S2. The molecule has 2 amide bonds. The topological polar surface area (TPSA) is 145 Å². The van der Waals surface area contributed by atoms with Crippen molar-refractivity contribution in [2.75, 3.05) is 57.0 Å². The summed E-state index contributed by atoms with van der Waals surface area (Å²) in [6, 6.07) is 19.2. The summed E-state index contributed by atoms with van der Waals surface area (Å²) < 4.78 is 92.6. The number of nitrogens with zero attached hydrogens (tertiary/aromatic N) is 3. The number of halogens is 2. The highest BCUT2D eigenvalue weighted by molar-refractivity contribution is 7.89. The number of rotatable bonds is 9. The molecule has 16 heteroatoms. The van der Waals surface area contributed by atoms with Gasteiger partial charge in [0.2, 0.25) is 20.0 Å². The summed E-state index contributed by atoms with van der Waals surface area (Å²) in [5, 5.41) is 5.24. The molecule has 0 radical (unpaired) electrons. The average Bonchev–Trinajstić information content (AvgIpc) is 3.12. The second kappa shape index (κ2) is 15.2. The zero-order valence-corrected chi connectivity index (χ0v) is 30.0. The number of sulfonamides is 2. The molecule has 0 bridgehead atoms. The number of piperazine rings is 1. The predicted molar refractivity (Wildman–Crippen MR) is 190 cm³/mol. The normalized spacial score (nSPS) is 19.2. The first-order chi connectivity index (χ1) is 24.8. The highest BCUT2D eigenvalue weighted by Gasteiger charge is 2.40. The van der Waals surface area contributed by atoms with Crippen LogP contribution < -0.4 is 10.6 Å².